The highest BCUT2D eigenvalue weighted by atomic mass is 16.5. The lowest BCUT2D eigenvalue weighted by Gasteiger charge is -2.20. The number of hydrogen-bond acceptors (Lipinski definition) is 5. The molecule has 1 amide bonds. The van der Waals surface area contributed by atoms with Crippen LogP contribution in [0.4, 0.5) is 0 Å². The van der Waals surface area contributed by atoms with Crippen molar-refractivity contribution in [2.45, 2.75) is 309 Å². The average molecular weight is 874 g/mol. The molecule has 62 heavy (non-hydrogen) atoms. The molecule has 0 aromatic carbocycles. The zero-order valence-corrected chi connectivity index (χ0v) is 41.6. The van der Waals surface area contributed by atoms with Crippen molar-refractivity contribution in [3.8, 4) is 0 Å². The lowest BCUT2D eigenvalue weighted by molar-refractivity contribution is -0.143. The minimum atomic E-state index is -0.852. The number of aliphatic hydroxyl groups is 2. The van der Waals surface area contributed by atoms with Gasteiger partial charge in [-0.15, -0.1) is 0 Å². The van der Waals surface area contributed by atoms with Crippen LogP contribution < -0.4 is 5.32 Å². The maximum absolute atomic E-state index is 12.4. The molecule has 0 aliphatic heterocycles. The fourth-order valence-corrected chi connectivity index (χ4v) is 8.45. The topological polar surface area (TPSA) is 95.9 Å². The van der Waals surface area contributed by atoms with Gasteiger partial charge in [-0.3, -0.25) is 9.59 Å². The van der Waals surface area contributed by atoms with Crippen molar-refractivity contribution in [3.63, 3.8) is 0 Å². The van der Waals surface area contributed by atoms with Crippen molar-refractivity contribution < 1.29 is 24.5 Å². The van der Waals surface area contributed by atoms with Crippen LogP contribution in [0.15, 0.2) is 24.3 Å². The van der Waals surface area contributed by atoms with E-state index in [9.17, 15) is 19.8 Å². The summed E-state index contributed by atoms with van der Waals surface area (Å²) in [5.74, 6) is -0.0783. The van der Waals surface area contributed by atoms with Crippen LogP contribution in [0.2, 0.25) is 0 Å². The molecule has 0 fully saturated rings. The molecule has 2 atom stereocenters. The molecular formula is C56H107NO5. The quantitative estimate of drug-likeness (QED) is 0.0321. The fraction of sp³-hybridized carbons (Fsp3) is 0.893. The van der Waals surface area contributed by atoms with Gasteiger partial charge in [0.25, 0.3) is 0 Å². The van der Waals surface area contributed by atoms with Crippen LogP contribution >= 0.6 is 0 Å². The predicted molar refractivity (Wildman–Crippen MR) is 269 cm³/mol. The molecule has 366 valence electrons. The van der Waals surface area contributed by atoms with Crippen LogP contribution in [0.25, 0.3) is 0 Å². The van der Waals surface area contributed by atoms with Crippen molar-refractivity contribution in [1.82, 2.24) is 5.32 Å². The summed E-state index contributed by atoms with van der Waals surface area (Å²) < 4.78 is 5.47. The Morgan fingerprint density at radius 1 is 0.435 bits per heavy atom. The number of allylic oxidation sites excluding steroid dienone is 3. The standard InChI is InChI=1S/C56H107NO5/c1-3-5-7-9-11-13-15-17-25-28-32-36-40-44-48-54(59)53(52-58)57-55(60)49-45-41-37-33-29-26-22-20-18-19-21-23-27-31-35-39-43-47-51-62-56(61)50-46-42-38-34-30-24-16-14-12-10-8-6-4-2/h20,22,44,48,53-54,58-59H,3-19,21,23-43,45-47,49-52H2,1-2H3,(H,57,60)/b22-20-,48-44+. The summed E-state index contributed by atoms with van der Waals surface area (Å²) in [6, 6.07) is -0.637. The van der Waals surface area contributed by atoms with E-state index >= 15 is 0 Å². The molecule has 0 aliphatic carbocycles. The summed E-state index contributed by atoms with van der Waals surface area (Å²) in [6.45, 7) is 4.89. The Balaban J connectivity index is 3.47. The molecule has 0 bridgehead atoms. The van der Waals surface area contributed by atoms with Crippen LogP contribution in [-0.4, -0.2) is 47.4 Å². The van der Waals surface area contributed by atoms with E-state index in [0.717, 1.165) is 57.8 Å². The Labute approximate surface area is 386 Å². The lowest BCUT2D eigenvalue weighted by Crippen LogP contribution is -2.45. The molecule has 3 N–H and O–H groups in total. The third kappa shape index (κ3) is 47.8. The number of ether oxygens (including phenoxy) is 1. The van der Waals surface area contributed by atoms with E-state index in [1.54, 1.807) is 6.08 Å². The number of carbonyl (C=O) groups excluding carboxylic acids is 2. The molecule has 0 spiro atoms. The van der Waals surface area contributed by atoms with E-state index < -0.39 is 12.1 Å². The molecule has 2 unspecified atom stereocenters. The first-order valence-electron chi connectivity index (χ1n) is 27.6. The molecular weight excluding hydrogens is 767 g/mol. The molecule has 0 rings (SSSR count). The smallest absolute Gasteiger partial charge is 0.305 e. The third-order valence-corrected chi connectivity index (χ3v) is 12.7. The van der Waals surface area contributed by atoms with Gasteiger partial charge in [0.1, 0.15) is 0 Å². The van der Waals surface area contributed by atoms with E-state index in [1.807, 2.05) is 6.08 Å². The molecule has 0 aromatic rings. The number of aliphatic hydroxyl groups excluding tert-OH is 2. The molecule has 0 radical (unpaired) electrons. The van der Waals surface area contributed by atoms with Crippen LogP contribution in [0.5, 0.6) is 0 Å². The molecule has 0 aliphatic rings. The van der Waals surface area contributed by atoms with Gasteiger partial charge in [0.15, 0.2) is 0 Å². The van der Waals surface area contributed by atoms with E-state index in [1.165, 1.54) is 212 Å². The van der Waals surface area contributed by atoms with Gasteiger partial charge in [-0.2, -0.15) is 0 Å². The summed E-state index contributed by atoms with van der Waals surface area (Å²) >= 11 is 0. The molecule has 0 aromatic heterocycles. The monoisotopic (exact) mass is 874 g/mol. The zero-order valence-electron chi connectivity index (χ0n) is 41.6. The minimum Gasteiger partial charge on any atom is -0.466 e. The van der Waals surface area contributed by atoms with Gasteiger partial charge in [0, 0.05) is 12.8 Å². The molecule has 6 heteroatoms. The zero-order chi connectivity index (χ0) is 45.1. The molecule has 0 heterocycles. The third-order valence-electron chi connectivity index (χ3n) is 12.7. The van der Waals surface area contributed by atoms with E-state index in [2.05, 4.69) is 31.3 Å². The Kier molecular flexibility index (Phi) is 50.6. The van der Waals surface area contributed by atoms with E-state index in [-0.39, 0.29) is 18.5 Å². The van der Waals surface area contributed by atoms with Crippen molar-refractivity contribution in [2.24, 2.45) is 0 Å². The second kappa shape index (κ2) is 52.0. The number of amides is 1. The summed E-state index contributed by atoms with van der Waals surface area (Å²) in [5.41, 5.74) is 0. The predicted octanol–water partition coefficient (Wildman–Crippen LogP) is 16.7. The Morgan fingerprint density at radius 3 is 1.15 bits per heavy atom. The van der Waals surface area contributed by atoms with Gasteiger partial charge in [-0.1, -0.05) is 250 Å². The number of hydrogen-bond donors (Lipinski definition) is 3. The minimum absolute atomic E-state index is 0.00352. The second-order valence-electron chi connectivity index (χ2n) is 18.9. The Hall–Kier alpha value is -1.66. The summed E-state index contributed by atoms with van der Waals surface area (Å²) in [5, 5.41) is 23.0. The number of esters is 1. The first-order valence-corrected chi connectivity index (χ1v) is 27.6. The first-order chi connectivity index (χ1) is 30.5. The first kappa shape index (κ1) is 60.3. The Morgan fingerprint density at radius 2 is 0.758 bits per heavy atom. The van der Waals surface area contributed by atoms with Crippen molar-refractivity contribution in [3.05, 3.63) is 24.3 Å². The molecule has 0 saturated heterocycles. The largest absolute Gasteiger partial charge is 0.466 e. The molecule has 0 saturated carbocycles. The summed E-state index contributed by atoms with van der Waals surface area (Å²) in [4.78, 5) is 24.4. The second-order valence-corrected chi connectivity index (χ2v) is 18.9. The van der Waals surface area contributed by atoms with Gasteiger partial charge in [-0.05, 0) is 57.8 Å². The molecule has 6 nitrogen and oxygen atoms in total. The lowest BCUT2D eigenvalue weighted by atomic mass is 10.0. The van der Waals surface area contributed by atoms with Crippen LogP contribution in [0.1, 0.15) is 296 Å². The van der Waals surface area contributed by atoms with Crippen LogP contribution in [0, 0.1) is 0 Å². The summed E-state index contributed by atoms with van der Waals surface area (Å²) in [6.07, 6.45) is 61.9. The van der Waals surface area contributed by atoms with Gasteiger partial charge in [0.05, 0.1) is 25.4 Å². The SMILES string of the molecule is CCCCCCCCCCCCCC/C=C/C(O)C(CO)NC(=O)CCCCCCC/C=C\CCCCCCCCCCCOC(=O)CCCCCCCCCCCCCCC. The van der Waals surface area contributed by atoms with Crippen LogP contribution in [-0.2, 0) is 14.3 Å². The van der Waals surface area contributed by atoms with Gasteiger partial charge in [-0.25, -0.2) is 0 Å². The number of carbonyl (C=O) groups is 2. The van der Waals surface area contributed by atoms with Crippen molar-refractivity contribution >= 4 is 11.9 Å². The van der Waals surface area contributed by atoms with Gasteiger partial charge < -0.3 is 20.3 Å². The highest BCUT2D eigenvalue weighted by molar-refractivity contribution is 5.76. The van der Waals surface area contributed by atoms with Crippen LogP contribution in [0.3, 0.4) is 0 Å². The average Bonchev–Trinajstić information content (AvgIpc) is 3.27. The maximum atomic E-state index is 12.4. The van der Waals surface area contributed by atoms with E-state index in [0.29, 0.717) is 19.4 Å². The van der Waals surface area contributed by atoms with Gasteiger partial charge in [0.2, 0.25) is 5.91 Å². The fourth-order valence-electron chi connectivity index (χ4n) is 8.45. The summed E-state index contributed by atoms with van der Waals surface area (Å²) in [7, 11) is 0. The number of nitrogens with one attached hydrogen (secondary N) is 1. The van der Waals surface area contributed by atoms with Gasteiger partial charge >= 0.3 is 5.97 Å². The number of rotatable bonds is 51. The maximum Gasteiger partial charge on any atom is 0.305 e. The highest BCUT2D eigenvalue weighted by Crippen LogP contribution is 2.16. The normalized spacial score (nSPS) is 12.8. The van der Waals surface area contributed by atoms with E-state index in [4.69, 9.17) is 4.74 Å². The highest BCUT2D eigenvalue weighted by Gasteiger charge is 2.18. The van der Waals surface area contributed by atoms with Crippen molar-refractivity contribution in [1.29, 1.82) is 0 Å². The van der Waals surface area contributed by atoms with Crippen molar-refractivity contribution in [2.75, 3.05) is 13.2 Å². The Bertz CT molecular complexity index is 966. The number of unbranched alkanes of at least 4 members (excludes halogenated alkanes) is 38.